The van der Waals surface area contributed by atoms with Gasteiger partial charge in [-0.05, 0) is 78.3 Å². The lowest BCUT2D eigenvalue weighted by atomic mass is 9.87. The quantitative estimate of drug-likeness (QED) is 0.245. The van der Waals surface area contributed by atoms with E-state index in [2.05, 4.69) is 122 Å². The molecule has 7 rings (SSSR count). The molecule has 0 bridgehead atoms. The van der Waals surface area contributed by atoms with Crippen LogP contribution in [-0.2, 0) is 0 Å². The highest BCUT2D eigenvalue weighted by molar-refractivity contribution is 6.27. The van der Waals surface area contributed by atoms with E-state index >= 15 is 0 Å². The lowest BCUT2D eigenvalue weighted by Gasteiger charge is -2.17. The van der Waals surface area contributed by atoms with Crippen LogP contribution >= 0.6 is 0 Å². The molecule has 33 heavy (non-hydrogen) atoms. The summed E-state index contributed by atoms with van der Waals surface area (Å²) in [6.07, 6.45) is 0. The van der Waals surface area contributed by atoms with Gasteiger partial charge in [-0.3, -0.25) is 0 Å². The van der Waals surface area contributed by atoms with E-state index < -0.39 is 0 Å². The molecule has 0 fully saturated rings. The van der Waals surface area contributed by atoms with Crippen molar-refractivity contribution in [1.29, 1.82) is 0 Å². The molecule has 0 heteroatoms. The highest BCUT2D eigenvalue weighted by Gasteiger charge is 2.15. The Kier molecular flexibility index (Phi) is 3.86. The van der Waals surface area contributed by atoms with Crippen molar-refractivity contribution in [2.75, 3.05) is 0 Å². The van der Waals surface area contributed by atoms with Crippen LogP contribution in [0, 0.1) is 6.92 Å². The van der Waals surface area contributed by atoms with Gasteiger partial charge in [-0.25, -0.2) is 0 Å². The third-order valence-corrected chi connectivity index (χ3v) is 7.05. The molecule has 0 saturated heterocycles. The number of fused-ring (bicyclic) bond motifs is 1. The summed E-state index contributed by atoms with van der Waals surface area (Å²) in [7, 11) is 0. The molecular weight excluding hydrogens is 396 g/mol. The minimum absolute atomic E-state index is 1.27. The average Bonchev–Trinajstić information content (AvgIpc) is 2.86. The van der Waals surface area contributed by atoms with Crippen LogP contribution in [0.1, 0.15) is 5.56 Å². The molecule has 0 nitrogen and oxygen atoms in total. The fraction of sp³-hybridized carbons (Fsp3) is 0.0303. The van der Waals surface area contributed by atoms with Gasteiger partial charge >= 0.3 is 0 Å². The Balaban J connectivity index is 1.56. The Hall–Kier alpha value is -4.16. The molecule has 0 aromatic heterocycles. The molecule has 0 N–H and O–H groups in total. The van der Waals surface area contributed by atoms with Crippen LogP contribution in [0.3, 0.4) is 0 Å². The first-order valence-electron chi connectivity index (χ1n) is 11.5. The Morgan fingerprint density at radius 3 is 1.64 bits per heavy atom. The monoisotopic (exact) mass is 418 g/mol. The van der Waals surface area contributed by atoms with Gasteiger partial charge in [-0.15, -0.1) is 0 Å². The summed E-state index contributed by atoms with van der Waals surface area (Å²) in [5, 5.41) is 10.5. The maximum Gasteiger partial charge on any atom is -0.00203 e. The van der Waals surface area contributed by atoms with Crippen molar-refractivity contribution in [1.82, 2.24) is 0 Å². The van der Waals surface area contributed by atoms with Gasteiger partial charge in [0.25, 0.3) is 0 Å². The lowest BCUT2D eigenvalue weighted by molar-refractivity contribution is 1.47. The largest absolute Gasteiger partial charge is 0.0616 e. The van der Waals surface area contributed by atoms with Crippen LogP contribution in [0.4, 0.5) is 0 Å². The standard InChI is InChI=1S/C33H22/c1-21-5-4-8-26(19-21)28-15-11-23-14-18-31-29(16-12-24-13-17-30(28)32(23)33(24)31)27-10-9-22-6-2-3-7-25(22)20-27/h2-20H,1H3. The second-order valence-corrected chi connectivity index (χ2v) is 9.08. The Morgan fingerprint density at radius 1 is 0.394 bits per heavy atom. The summed E-state index contributed by atoms with van der Waals surface area (Å²) in [6.45, 7) is 2.16. The number of hydrogen-bond acceptors (Lipinski definition) is 0. The average molecular weight is 419 g/mol. The molecule has 0 spiro atoms. The Bertz CT molecular complexity index is 1820. The summed E-state index contributed by atoms with van der Waals surface area (Å²) < 4.78 is 0. The van der Waals surface area contributed by atoms with Gasteiger partial charge < -0.3 is 0 Å². The van der Waals surface area contributed by atoms with Gasteiger partial charge in [0.15, 0.2) is 0 Å². The van der Waals surface area contributed by atoms with E-state index in [1.165, 1.54) is 70.9 Å². The molecule has 0 aliphatic heterocycles. The van der Waals surface area contributed by atoms with Crippen LogP contribution in [0.25, 0.3) is 65.3 Å². The predicted octanol–water partition coefficient (Wildman–Crippen LogP) is 9.38. The Morgan fingerprint density at radius 2 is 0.970 bits per heavy atom. The second-order valence-electron chi connectivity index (χ2n) is 9.08. The maximum absolute atomic E-state index is 2.32. The van der Waals surface area contributed by atoms with Crippen LogP contribution < -0.4 is 0 Å². The first kappa shape index (κ1) is 18.4. The van der Waals surface area contributed by atoms with Crippen molar-refractivity contribution in [3.8, 4) is 22.3 Å². The summed E-state index contributed by atoms with van der Waals surface area (Å²) in [5.41, 5.74) is 6.44. The smallest absolute Gasteiger partial charge is 0.00203 e. The van der Waals surface area contributed by atoms with E-state index in [1.54, 1.807) is 0 Å². The minimum atomic E-state index is 1.27. The van der Waals surface area contributed by atoms with Gasteiger partial charge in [-0.1, -0.05) is 115 Å². The van der Waals surface area contributed by atoms with Crippen LogP contribution in [0.15, 0.2) is 115 Å². The highest BCUT2D eigenvalue weighted by atomic mass is 14.2. The molecule has 0 amide bonds. The van der Waals surface area contributed by atoms with E-state index in [4.69, 9.17) is 0 Å². The zero-order valence-electron chi connectivity index (χ0n) is 18.5. The first-order valence-corrected chi connectivity index (χ1v) is 11.5. The number of rotatable bonds is 2. The van der Waals surface area contributed by atoms with Crippen molar-refractivity contribution in [3.63, 3.8) is 0 Å². The summed E-state index contributed by atoms with van der Waals surface area (Å²) in [6, 6.07) is 42.5. The van der Waals surface area contributed by atoms with Gasteiger partial charge in [0.2, 0.25) is 0 Å². The molecule has 0 radical (unpaired) electrons. The fourth-order valence-electron chi connectivity index (χ4n) is 5.47. The van der Waals surface area contributed by atoms with E-state index in [0.717, 1.165) is 0 Å². The third-order valence-electron chi connectivity index (χ3n) is 7.05. The molecule has 154 valence electrons. The van der Waals surface area contributed by atoms with Crippen LogP contribution in [0.2, 0.25) is 0 Å². The first-order chi connectivity index (χ1) is 16.3. The van der Waals surface area contributed by atoms with E-state index in [1.807, 2.05) is 0 Å². The van der Waals surface area contributed by atoms with Crippen molar-refractivity contribution in [3.05, 3.63) is 121 Å². The van der Waals surface area contributed by atoms with Gasteiger partial charge in [0.05, 0.1) is 0 Å². The van der Waals surface area contributed by atoms with Crippen molar-refractivity contribution in [2.24, 2.45) is 0 Å². The highest BCUT2D eigenvalue weighted by Crippen LogP contribution is 2.42. The molecule has 7 aromatic carbocycles. The summed E-state index contributed by atoms with van der Waals surface area (Å²) in [5.74, 6) is 0. The molecule has 0 heterocycles. The van der Waals surface area contributed by atoms with Gasteiger partial charge in [0, 0.05) is 0 Å². The minimum Gasteiger partial charge on any atom is -0.0616 e. The molecule has 0 aliphatic rings. The third kappa shape index (κ3) is 2.78. The van der Waals surface area contributed by atoms with Crippen molar-refractivity contribution in [2.45, 2.75) is 6.92 Å². The topological polar surface area (TPSA) is 0 Å². The number of hydrogen-bond donors (Lipinski definition) is 0. The van der Waals surface area contributed by atoms with Crippen LogP contribution in [0.5, 0.6) is 0 Å². The molecule has 7 aromatic rings. The van der Waals surface area contributed by atoms with Gasteiger partial charge in [0.1, 0.15) is 0 Å². The maximum atomic E-state index is 2.32. The molecule has 0 saturated carbocycles. The number of aryl methyl sites for hydroxylation is 1. The van der Waals surface area contributed by atoms with E-state index in [9.17, 15) is 0 Å². The van der Waals surface area contributed by atoms with E-state index in [0.29, 0.717) is 0 Å². The van der Waals surface area contributed by atoms with Gasteiger partial charge in [-0.2, -0.15) is 0 Å². The second kappa shape index (κ2) is 6.92. The predicted molar refractivity (Wildman–Crippen MR) is 143 cm³/mol. The SMILES string of the molecule is Cc1cccc(-c2ccc3ccc4c(-c5ccc6ccccc6c5)ccc5ccc2c3c54)c1. The molecular formula is C33H22. The van der Waals surface area contributed by atoms with Crippen molar-refractivity contribution >= 4 is 43.1 Å². The summed E-state index contributed by atoms with van der Waals surface area (Å²) >= 11 is 0. The molecule has 0 aliphatic carbocycles. The van der Waals surface area contributed by atoms with Crippen molar-refractivity contribution < 1.29 is 0 Å². The zero-order chi connectivity index (χ0) is 21.9. The normalized spacial score (nSPS) is 11.8. The fourth-order valence-corrected chi connectivity index (χ4v) is 5.47. The zero-order valence-corrected chi connectivity index (χ0v) is 18.5. The van der Waals surface area contributed by atoms with E-state index in [-0.39, 0.29) is 0 Å². The lowest BCUT2D eigenvalue weighted by Crippen LogP contribution is -1.89. The van der Waals surface area contributed by atoms with Crippen LogP contribution in [-0.4, -0.2) is 0 Å². The summed E-state index contributed by atoms with van der Waals surface area (Å²) in [4.78, 5) is 0. The molecule has 0 unspecified atom stereocenters. The molecule has 0 atom stereocenters. The Labute approximate surface area is 193 Å². The number of benzene rings is 7.